The van der Waals surface area contributed by atoms with Gasteiger partial charge in [-0.1, -0.05) is 64.4 Å². The molecule has 2 aromatic carbocycles. The zero-order valence-corrected chi connectivity index (χ0v) is 15.3. The van der Waals surface area contributed by atoms with Gasteiger partial charge in [-0.15, -0.1) is 10.2 Å². The SMILES string of the molecule is Cc1ccc(-c2noc(CSc3nnc(-c4cccc(Cl)c4)o3)n2)cc1. The van der Waals surface area contributed by atoms with Crippen molar-refractivity contribution < 1.29 is 8.94 Å². The summed E-state index contributed by atoms with van der Waals surface area (Å²) in [7, 11) is 0. The van der Waals surface area contributed by atoms with Gasteiger partial charge >= 0.3 is 0 Å². The molecule has 4 aromatic rings. The summed E-state index contributed by atoms with van der Waals surface area (Å²) >= 11 is 7.32. The van der Waals surface area contributed by atoms with E-state index in [1.165, 1.54) is 17.3 Å². The summed E-state index contributed by atoms with van der Waals surface area (Å²) in [5.74, 6) is 1.91. The molecular weight excluding hydrogens is 372 g/mol. The fourth-order valence-corrected chi connectivity index (χ4v) is 3.05. The molecule has 0 saturated heterocycles. The van der Waals surface area contributed by atoms with Crippen LogP contribution in [0.3, 0.4) is 0 Å². The van der Waals surface area contributed by atoms with Gasteiger partial charge in [-0.25, -0.2) is 0 Å². The first-order valence-electron chi connectivity index (χ1n) is 7.79. The molecule has 6 nitrogen and oxygen atoms in total. The Kier molecular flexibility index (Phi) is 4.73. The van der Waals surface area contributed by atoms with Crippen molar-refractivity contribution in [1.29, 1.82) is 0 Å². The third-order valence-electron chi connectivity index (χ3n) is 3.58. The highest BCUT2D eigenvalue weighted by molar-refractivity contribution is 7.98. The van der Waals surface area contributed by atoms with Crippen molar-refractivity contribution >= 4 is 23.4 Å². The summed E-state index contributed by atoms with van der Waals surface area (Å²) in [6.45, 7) is 2.03. The van der Waals surface area contributed by atoms with Crippen LogP contribution in [-0.2, 0) is 5.75 Å². The molecule has 0 radical (unpaired) electrons. The second-order valence-electron chi connectivity index (χ2n) is 5.55. The summed E-state index contributed by atoms with van der Waals surface area (Å²) in [6.07, 6.45) is 0. The van der Waals surface area contributed by atoms with Gasteiger partial charge < -0.3 is 8.94 Å². The van der Waals surface area contributed by atoms with Crippen LogP contribution in [0.5, 0.6) is 0 Å². The Morgan fingerprint density at radius 3 is 2.69 bits per heavy atom. The molecule has 0 saturated carbocycles. The van der Waals surface area contributed by atoms with Crippen LogP contribution < -0.4 is 0 Å². The van der Waals surface area contributed by atoms with E-state index in [9.17, 15) is 0 Å². The first-order chi connectivity index (χ1) is 12.7. The molecule has 0 aliphatic heterocycles. The standard InChI is InChI=1S/C18H13ClN4O2S/c1-11-5-7-12(8-6-11)16-20-15(25-23-16)10-26-18-22-21-17(24-18)13-3-2-4-14(19)9-13/h2-9H,10H2,1H3. The first kappa shape index (κ1) is 16.8. The zero-order valence-electron chi connectivity index (χ0n) is 13.7. The van der Waals surface area contributed by atoms with Gasteiger partial charge in [0.25, 0.3) is 5.22 Å². The lowest BCUT2D eigenvalue weighted by atomic mass is 10.1. The fraction of sp³-hybridized carbons (Fsp3) is 0.111. The summed E-state index contributed by atoms with van der Waals surface area (Å²) in [5.41, 5.74) is 2.87. The van der Waals surface area contributed by atoms with E-state index in [0.717, 1.165) is 11.1 Å². The topological polar surface area (TPSA) is 77.8 Å². The Morgan fingerprint density at radius 1 is 1.04 bits per heavy atom. The normalized spacial score (nSPS) is 11.0. The average molecular weight is 385 g/mol. The molecule has 2 heterocycles. The van der Waals surface area contributed by atoms with Crippen LogP contribution >= 0.6 is 23.4 Å². The van der Waals surface area contributed by atoms with Crippen LogP contribution in [0, 0.1) is 6.92 Å². The number of thioether (sulfide) groups is 1. The lowest BCUT2D eigenvalue weighted by molar-refractivity contribution is 0.391. The molecule has 2 aromatic heterocycles. The highest BCUT2D eigenvalue weighted by atomic mass is 35.5. The Labute approximate surface area is 158 Å². The second kappa shape index (κ2) is 7.31. The highest BCUT2D eigenvalue weighted by Gasteiger charge is 2.13. The molecule has 0 aliphatic carbocycles. The molecule has 0 aliphatic rings. The van der Waals surface area contributed by atoms with Gasteiger partial charge in [0.05, 0.1) is 5.75 Å². The second-order valence-corrected chi connectivity index (χ2v) is 6.91. The molecule has 8 heteroatoms. The number of hydrogen-bond donors (Lipinski definition) is 0. The minimum Gasteiger partial charge on any atom is -0.411 e. The number of aromatic nitrogens is 4. The van der Waals surface area contributed by atoms with E-state index in [-0.39, 0.29) is 0 Å². The molecule has 0 spiro atoms. The van der Waals surface area contributed by atoms with Crippen LogP contribution in [0.15, 0.2) is 62.7 Å². The van der Waals surface area contributed by atoms with Gasteiger partial charge in [0, 0.05) is 16.1 Å². The Balaban J connectivity index is 1.43. The van der Waals surface area contributed by atoms with Crippen LogP contribution in [0.4, 0.5) is 0 Å². The molecule has 0 unspecified atom stereocenters. The smallest absolute Gasteiger partial charge is 0.277 e. The Hall–Kier alpha value is -2.64. The summed E-state index contributed by atoms with van der Waals surface area (Å²) in [5, 5.41) is 13.1. The van der Waals surface area contributed by atoms with Crippen LogP contribution in [0.1, 0.15) is 11.5 Å². The van der Waals surface area contributed by atoms with E-state index in [1.54, 1.807) is 12.1 Å². The molecular formula is C18H13ClN4O2S. The Bertz CT molecular complexity index is 1030. The summed E-state index contributed by atoms with van der Waals surface area (Å²) < 4.78 is 10.9. The monoisotopic (exact) mass is 384 g/mol. The zero-order chi connectivity index (χ0) is 17.9. The molecule has 0 bridgehead atoms. The van der Waals surface area contributed by atoms with E-state index in [4.69, 9.17) is 20.5 Å². The van der Waals surface area contributed by atoms with Gasteiger partial charge in [-0.2, -0.15) is 4.98 Å². The third-order valence-corrected chi connectivity index (χ3v) is 4.61. The predicted molar refractivity (Wildman–Crippen MR) is 98.8 cm³/mol. The first-order valence-corrected chi connectivity index (χ1v) is 9.15. The molecule has 0 N–H and O–H groups in total. The van der Waals surface area contributed by atoms with Gasteiger partial charge in [0.1, 0.15) is 0 Å². The predicted octanol–water partition coefficient (Wildman–Crippen LogP) is 5.04. The quantitative estimate of drug-likeness (QED) is 0.446. The molecule has 130 valence electrons. The van der Waals surface area contributed by atoms with Crippen molar-refractivity contribution in [2.24, 2.45) is 0 Å². The lowest BCUT2D eigenvalue weighted by Crippen LogP contribution is -1.83. The molecule has 0 amide bonds. The minimum absolute atomic E-state index is 0.417. The minimum atomic E-state index is 0.417. The Morgan fingerprint density at radius 2 is 1.88 bits per heavy atom. The van der Waals surface area contributed by atoms with Crippen molar-refractivity contribution in [2.45, 2.75) is 17.9 Å². The number of hydrogen-bond acceptors (Lipinski definition) is 7. The van der Waals surface area contributed by atoms with Crippen LogP contribution in [0.2, 0.25) is 5.02 Å². The van der Waals surface area contributed by atoms with E-state index in [0.29, 0.717) is 33.6 Å². The summed E-state index contributed by atoms with van der Waals surface area (Å²) in [4.78, 5) is 4.40. The van der Waals surface area contributed by atoms with Crippen molar-refractivity contribution in [3.63, 3.8) is 0 Å². The number of aryl methyl sites for hydroxylation is 1. The number of nitrogens with zero attached hydrogens (tertiary/aromatic N) is 4. The molecule has 26 heavy (non-hydrogen) atoms. The fourth-order valence-electron chi connectivity index (χ4n) is 2.26. The largest absolute Gasteiger partial charge is 0.411 e. The average Bonchev–Trinajstić information content (AvgIpc) is 3.30. The number of rotatable bonds is 5. The highest BCUT2D eigenvalue weighted by Crippen LogP contribution is 2.27. The number of halogens is 1. The van der Waals surface area contributed by atoms with E-state index in [2.05, 4.69) is 20.3 Å². The van der Waals surface area contributed by atoms with Gasteiger partial charge in [-0.05, 0) is 25.1 Å². The van der Waals surface area contributed by atoms with Crippen molar-refractivity contribution in [1.82, 2.24) is 20.3 Å². The van der Waals surface area contributed by atoms with E-state index in [1.807, 2.05) is 43.3 Å². The maximum Gasteiger partial charge on any atom is 0.277 e. The maximum atomic E-state index is 5.98. The number of benzene rings is 2. The maximum absolute atomic E-state index is 5.98. The van der Waals surface area contributed by atoms with Crippen molar-refractivity contribution in [3.05, 3.63) is 65.0 Å². The van der Waals surface area contributed by atoms with Crippen LogP contribution in [-0.4, -0.2) is 20.3 Å². The van der Waals surface area contributed by atoms with Gasteiger partial charge in [-0.3, -0.25) is 0 Å². The molecule has 0 fully saturated rings. The van der Waals surface area contributed by atoms with Gasteiger partial charge in [0.2, 0.25) is 17.6 Å². The van der Waals surface area contributed by atoms with E-state index < -0.39 is 0 Å². The van der Waals surface area contributed by atoms with Crippen molar-refractivity contribution in [3.8, 4) is 22.8 Å². The van der Waals surface area contributed by atoms with Crippen LogP contribution in [0.25, 0.3) is 22.8 Å². The van der Waals surface area contributed by atoms with Crippen molar-refractivity contribution in [2.75, 3.05) is 0 Å². The lowest BCUT2D eigenvalue weighted by Gasteiger charge is -1.95. The van der Waals surface area contributed by atoms with E-state index >= 15 is 0 Å². The molecule has 4 rings (SSSR count). The summed E-state index contributed by atoms with van der Waals surface area (Å²) in [6, 6.07) is 15.2. The van der Waals surface area contributed by atoms with Gasteiger partial charge in [0.15, 0.2) is 0 Å². The molecule has 0 atom stereocenters. The third kappa shape index (κ3) is 3.79.